The van der Waals surface area contributed by atoms with Gasteiger partial charge in [0.25, 0.3) is 0 Å². The lowest BCUT2D eigenvalue weighted by atomic mass is 9.82. The molecule has 8 nitrogen and oxygen atoms in total. The molecule has 0 amide bonds. The Kier molecular flexibility index (Phi) is 16.8. The van der Waals surface area contributed by atoms with Gasteiger partial charge in [0, 0.05) is 120 Å². The summed E-state index contributed by atoms with van der Waals surface area (Å²) in [7, 11) is 0. The van der Waals surface area contributed by atoms with E-state index in [9.17, 15) is 0 Å². The maximum Gasteiger partial charge on any atom is 0.160 e. The third-order valence-electron chi connectivity index (χ3n) is 29.9. The summed E-state index contributed by atoms with van der Waals surface area (Å²) >= 11 is 0. The second-order valence-electron chi connectivity index (χ2n) is 37.3. The Hall–Kier alpha value is -18.8. The van der Waals surface area contributed by atoms with Crippen molar-refractivity contribution in [3.63, 3.8) is 0 Å². The predicted octanol–water partition coefficient (Wildman–Crippen LogP) is 35.0. The van der Waals surface area contributed by atoms with E-state index >= 15 is 0 Å². The van der Waals surface area contributed by atoms with E-state index in [1.807, 2.05) is 24.3 Å². The van der Waals surface area contributed by atoms with Crippen molar-refractivity contribution in [2.45, 2.75) is 0 Å². The van der Waals surface area contributed by atoms with Gasteiger partial charge in [0.15, 0.2) is 5.82 Å². The normalized spacial score (nSPS) is 12.1. The average Bonchev–Trinajstić information content (AvgIpc) is 1.42. The molecule has 0 saturated heterocycles. The molecule has 648 valence electrons. The van der Waals surface area contributed by atoms with Crippen molar-refractivity contribution in [1.82, 2.24) is 37.4 Å². The molecule has 7 heterocycles. The van der Waals surface area contributed by atoms with Crippen LogP contribution in [-0.4, -0.2) is 37.4 Å². The van der Waals surface area contributed by atoms with Crippen molar-refractivity contribution < 1.29 is 0 Å². The van der Waals surface area contributed by atoms with Gasteiger partial charge in [-0.3, -0.25) is 0 Å². The number of hydrogen-bond donors (Lipinski definition) is 0. The number of benzene rings is 25. The molecule has 0 spiro atoms. The van der Waals surface area contributed by atoms with Crippen LogP contribution in [0.25, 0.3) is 285 Å². The Balaban J connectivity index is 0.0000000995. The molecule has 0 aliphatic heterocycles. The molecule has 0 atom stereocenters. The quantitative estimate of drug-likeness (QED) is 0.107. The van der Waals surface area contributed by atoms with E-state index < -0.39 is 0 Å². The van der Waals surface area contributed by atoms with Crippen LogP contribution in [0.2, 0.25) is 0 Å². The minimum atomic E-state index is 0.710. The standard InChI is InChI=1S/C48H26N2.C46H30N4.C38H24N2/c1-2-8-32(9-3-1)49-38-12-6-4-10-33(38)36-26-42-37(25-41(36)49)34-11-5-7-13-39(34)50(42)40-24-31-21-20-29-17-15-27-14-16-28-18-19-30-22-23-35(40)48-46(30)44(28)43(27)45(29)47(31)48;1-4-15-31(16-5-1)40-30-41(48-46(47-40)32-17-6-2-7-18-32)33-19-14-22-35(27-33)50-43-26-13-11-24-37(43)39-28-44-38(29-45(39)50)36-23-10-12-25-42(36)49(44)34-20-8-3-9-21-34;1-2-13-26(14-3-1)39-34-20-10-8-18-30(34)32-24-38-33(23-37(32)39)31-19-9-11-21-35(31)40(38)36-22-25-12-4-5-15-27(25)28-16-6-7-17-29(28)36/h1-26H;1-30H;1-24H. The second kappa shape index (κ2) is 30.4. The van der Waals surface area contributed by atoms with E-state index in [1.54, 1.807) is 0 Å². The maximum atomic E-state index is 5.13. The predicted molar refractivity (Wildman–Crippen MR) is 591 cm³/mol. The van der Waals surface area contributed by atoms with Crippen LogP contribution in [0.1, 0.15) is 0 Å². The first-order valence-corrected chi connectivity index (χ1v) is 48.2. The topological polar surface area (TPSA) is 55.4 Å². The van der Waals surface area contributed by atoms with E-state index in [4.69, 9.17) is 9.97 Å². The zero-order chi connectivity index (χ0) is 91.5. The third-order valence-corrected chi connectivity index (χ3v) is 29.9. The van der Waals surface area contributed by atoms with Crippen molar-refractivity contribution in [2.75, 3.05) is 0 Å². The van der Waals surface area contributed by atoms with Crippen LogP contribution >= 0.6 is 0 Å². The molecule has 140 heavy (non-hydrogen) atoms. The van der Waals surface area contributed by atoms with Gasteiger partial charge in [-0.1, -0.05) is 346 Å². The van der Waals surface area contributed by atoms with Crippen LogP contribution in [0.3, 0.4) is 0 Å². The molecule has 0 bridgehead atoms. The maximum absolute atomic E-state index is 5.13. The number of para-hydroxylation sites is 9. The molecule has 0 aliphatic carbocycles. The van der Waals surface area contributed by atoms with Gasteiger partial charge in [0.05, 0.1) is 89.0 Å². The van der Waals surface area contributed by atoms with Gasteiger partial charge >= 0.3 is 0 Å². The van der Waals surface area contributed by atoms with Crippen LogP contribution in [0.5, 0.6) is 0 Å². The largest absolute Gasteiger partial charge is 0.309 e. The molecule has 8 heteroatoms. The van der Waals surface area contributed by atoms with Crippen LogP contribution < -0.4 is 0 Å². The minimum absolute atomic E-state index is 0.710. The van der Waals surface area contributed by atoms with Gasteiger partial charge in [-0.25, -0.2) is 9.97 Å². The third kappa shape index (κ3) is 11.5. The van der Waals surface area contributed by atoms with Crippen LogP contribution in [0.15, 0.2) is 485 Å². The highest BCUT2D eigenvalue weighted by Crippen LogP contribution is 2.53. The lowest BCUT2D eigenvalue weighted by Gasteiger charge is -2.22. The molecule has 0 saturated carbocycles. The number of aromatic nitrogens is 8. The lowest BCUT2D eigenvalue weighted by molar-refractivity contribution is 1.16. The molecule has 32 aromatic rings. The summed E-state index contributed by atoms with van der Waals surface area (Å²) in [5.74, 6) is 0.710. The van der Waals surface area contributed by atoms with Gasteiger partial charge in [-0.05, 0) is 210 Å². The fourth-order valence-electron chi connectivity index (χ4n) is 23.9. The summed E-state index contributed by atoms with van der Waals surface area (Å²) in [6.07, 6.45) is 0. The fourth-order valence-corrected chi connectivity index (χ4v) is 23.9. The van der Waals surface area contributed by atoms with Crippen molar-refractivity contribution in [3.05, 3.63) is 485 Å². The van der Waals surface area contributed by atoms with Crippen LogP contribution in [-0.2, 0) is 0 Å². The highest BCUT2D eigenvalue weighted by atomic mass is 15.0. The Bertz CT molecular complexity index is 10600. The molecule has 7 aromatic heterocycles. The SMILES string of the molecule is c1ccc(-c2cc(-c3cccc(-n4c5ccccc5c5cc6c(cc54)c4ccccc4n6-c4ccccc4)c3)nc(-c3ccccc3)n2)cc1.c1ccc(-n2c3ccccc3c3cc4c(cc32)c2ccccc2n4-c2cc3ccc4ccc5ccc6ccc7ccc2c2c7c6c5c4c32)cc1.c1ccc(-n2c3ccccc3c3cc4c(cc32)c2ccccc2n4-c2cc3ccccc3c3ccccc23)cc1. The summed E-state index contributed by atoms with van der Waals surface area (Å²) in [5.41, 5.74) is 26.5. The fraction of sp³-hybridized carbons (Fsp3) is 0. The van der Waals surface area contributed by atoms with E-state index in [0.29, 0.717) is 5.82 Å². The lowest BCUT2D eigenvalue weighted by Crippen LogP contribution is -1.99. The summed E-state index contributed by atoms with van der Waals surface area (Å²) in [6.45, 7) is 0. The summed E-state index contributed by atoms with van der Waals surface area (Å²) in [5, 5.41) is 36.3. The summed E-state index contributed by atoms with van der Waals surface area (Å²) in [6, 6.07) is 176. The Labute approximate surface area is 802 Å². The Morgan fingerprint density at radius 1 is 0.129 bits per heavy atom. The molecule has 0 fully saturated rings. The van der Waals surface area contributed by atoms with E-state index in [1.165, 1.54) is 240 Å². The van der Waals surface area contributed by atoms with Crippen molar-refractivity contribution in [2.24, 2.45) is 0 Å². The van der Waals surface area contributed by atoms with Crippen molar-refractivity contribution >= 4 is 217 Å². The molecule has 25 aromatic carbocycles. The highest BCUT2D eigenvalue weighted by molar-refractivity contribution is 6.45. The van der Waals surface area contributed by atoms with E-state index in [0.717, 1.165) is 39.5 Å². The van der Waals surface area contributed by atoms with Gasteiger partial charge in [0.1, 0.15) is 0 Å². The highest BCUT2D eigenvalue weighted by Gasteiger charge is 2.29. The zero-order valence-corrected chi connectivity index (χ0v) is 75.8. The van der Waals surface area contributed by atoms with Crippen LogP contribution in [0, 0.1) is 0 Å². The number of nitrogens with zero attached hydrogens (tertiary/aromatic N) is 8. The zero-order valence-electron chi connectivity index (χ0n) is 75.8. The molecule has 32 rings (SSSR count). The monoisotopic (exact) mass is 1780 g/mol. The summed E-state index contributed by atoms with van der Waals surface area (Å²) < 4.78 is 14.6. The van der Waals surface area contributed by atoms with E-state index in [2.05, 4.69) is 488 Å². The van der Waals surface area contributed by atoms with Gasteiger partial charge in [0.2, 0.25) is 0 Å². The smallest absolute Gasteiger partial charge is 0.160 e. The molecule has 0 N–H and O–H groups in total. The molecular weight excluding hydrogens is 1700 g/mol. The number of rotatable bonds is 9. The Morgan fingerprint density at radius 3 is 0.814 bits per heavy atom. The first-order valence-electron chi connectivity index (χ1n) is 48.2. The van der Waals surface area contributed by atoms with E-state index in [-0.39, 0.29) is 0 Å². The van der Waals surface area contributed by atoms with Crippen molar-refractivity contribution in [3.8, 4) is 68.0 Å². The van der Waals surface area contributed by atoms with Gasteiger partial charge in [-0.2, -0.15) is 0 Å². The first-order chi connectivity index (χ1) is 69.5. The summed E-state index contributed by atoms with van der Waals surface area (Å²) in [4.78, 5) is 10.1. The number of hydrogen-bond acceptors (Lipinski definition) is 2. The second-order valence-corrected chi connectivity index (χ2v) is 37.3. The molecule has 0 aliphatic rings. The Morgan fingerprint density at radius 2 is 0.400 bits per heavy atom. The molecular formula is C132H80N8. The van der Waals surface area contributed by atoms with Gasteiger partial charge in [-0.15, -0.1) is 0 Å². The first kappa shape index (κ1) is 77.7. The minimum Gasteiger partial charge on any atom is -0.309 e. The number of fused-ring (bicyclic) bond motifs is 21. The van der Waals surface area contributed by atoms with Gasteiger partial charge < -0.3 is 27.4 Å². The van der Waals surface area contributed by atoms with Crippen LogP contribution in [0.4, 0.5) is 0 Å². The average molecular weight is 1780 g/mol. The van der Waals surface area contributed by atoms with Crippen molar-refractivity contribution in [1.29, 1.82) is 0 Å². The molecule has 0 unspecified atom stereocenters. The molecule has 0 radical (unpaired) electrons.